The Balaban J connectivity index is 1.65. The molecule has 1 aliphatic rings. The molecule has 2 rings (SSSR count). The Labute approximate surface area is 112 Å². The van der Waals surface area contributed by atoms with Crippen LogP contribution in [0.15, 0.2) is 6.20 Å². The topological polar surface area (TPSA) is 77.2 Å². The molecule has 1 aromatic rings. The molecule has 0 saturated carbocycles. The van der Waals surface area contributed by atoms with Crippen molar-refractivity contribution in [2.24, 2.45) is 0 Å². The molecule has 0 aliphatic carbocycles. The SMILES string of the molecule is O=C(O)CCCCc1cn(CCC2CCCO2)nn1. The Morgan fingerprint density at radius 3 is 3.16 bits per heavy atom. The predicted octanol–water partition coefficient (Wildman–Crippen LogP) is 1.64. The van der Waals surface area contributed by atoms with Gasteiger partial charge in [-0.3, -0.25) is 9.48 Å². The van der Waals surface area contributed by atoms with E-state index >= 15 is 0 Å². The van der Waals surface area contributed by atoms with E-state index in [-0.39, 0.29) is 6.42 Å². The van der Waals surface area contributed by atoms with Gasteiger partial charge in [0.1, 0.15) is 0 Å². The first-order chi connectivity index (χ1) is 9.24. The monoisotopic (exact) mass is 267 g/mol. The molecule has 106 valence electrons. The molecule has 1 unspecified atom stereocenters. The van der Waals surface area contributed by atoms with Gasteiger partial charge in [-0.1, -0.05) is 5.21 Å². The summed E-state index contributed by atoms with van der Waals surface area (Å²) in [4.78, 5) is 10.4. The summed E-state index contributed by atoms with van der Waals surface area (Å²) in [6.07, 6.45) is 8.20. The van der Waals surface area contributed by atoms with Crippen molar-refractivity contribution in [3.8, 4) is 0 Å². The Morgan fingerprint density at radius 1 is 1.53 bits per heavy atom. The Bertz CT molecular complexity index is 400. The van der Waals surface area contributed by atoms with Crippen LogP contribution in [-0.4, -0.2) is 38.8 Å². The Kier molecular flexibility index (Phi) is 5.32. The van der Waals surface area contributed by atoms with E-state index in [0.717, 1.165) is 50.9 Å². The van der Waals surface area contributed by atoms with Crippen molar-refractivity contribution in [2.75, 3.05) is 6.61 Å². The number of carboxylic acids is 1. The van der Waals surface area contributed by atoms with E-state index in [1.807, 2.05) is 10.9 Å². The molecule has 19 heavy (non-hydrogen) atoms. The van der Waals surface area contributed by atoms with E-state index < -0.39 is 5.97 Å². The van der Waals surface area contributed by atoms with Gasteiger partial charge in [-0.15, -0.1) is 5.10 Å². The van der Waals surface area contributed by atoms with Crippen LogP contribution in [0.1, 0.15) is 44.2 Å². The molecule has 1 aliphatic heterocycles. The lowest BCUT2D eigenvalue weighted by molar-refractivity contribution is -0.137. The lowest BCUT2D eigenvalue weighted by Gasteiger charge is -2.07. The summed E-state index contributed by atoms with van der Waals surface area (Å²) in [5.74, 6) is -0.736. The molecule has 0 radical (unpaired) electrons. The van der Waals surface area contributed by atoms with Gasteiger partial charge in [-0.25, -0.2) is 0 Å². The number of carbonyl (C=O) groups is 1. The molecular formula is C13H21N3O3. The van der Waals surface area contributed by atoms with Crippen LogP contribution in [0.4, 0.5) is 0 Å². The maximum absolute atomic E-state index is 10.4. The summed E-state index contributed by atoms with van der Waals surface area (Å²) < 4.78 is 7.42. The molecule has 0 amide bonds. The normalized spacial score (nSPS) is 18.8. The second-order valence-corrected chi connectivity index (χ2v) is 5.00. The molecule has 6 nitrogen and oxygen atoms in total. The highest BCUT2D eigenvalue weighted by molar-refractivity contribution is 5.66. The molecule has 1 aromatic heterocycles. The fourth-order valence-corrected chi connectivity index (χ4v) is 2.29. The average Bonchev–Trinajstić information content (AvgIpc) is 3.03. The van der Waals surface area contributed by atoms with E-state index in [2.05, 4.69) is 10.3 Å². The van der Waals surface area contributed by atoms with E-state index in [1.54, 1.807) is 0 Å². The summed E-state index contributed by atoms with van der Waals surface area (Å²) >= 11 is 0. The Morgan fingerprint density at radius 2 is 2.42 bits per heavy atom. The fraction of sp³-hybridized carbons (Fsp3) is 0.769. The van der Waals surface area contributed by atoms with Crippen molar-refractivity contribution >= 4 is 5.97 Å². The first kappa shape index (κ1) is 14.0. The number of hydrogen-bond donors (Lipinski definition) is 1. The van der Waals surface area contributed by atoms with Crippen molar-refractivity contribution in [3.05, 3.63) is 11.9 Å². The van der Waals surface area contributed by atoms with Gasteiger partial charge >= 0.3 is 5.97 Å². The summed E-state index contributed by atoms with van der Waals surface area (Å²) in [5, 5.41) is 16.7. The number of unbranched alkanes of at least 4 members (excludes halogenated alkanes) is 1. The fourth-order valence-electron chi connectivity index (χ4n) is 2.29. The summed E-state index contributed by atoms with van der Waals surface area (Å²) in [6.45, 7) is 1.73. The summed E-state index contributed by atoms with van der Waals surface area (Å²) in [6, 6.07) is 0. The van der Waals surface area contributed by atoms with E-state index in [4.69, 9.17) is 9.84 Å². The number of aryl methyl sites for hydroxylation is 2. The number of aliphatic carboxylic acids is 1. The molecule has 0 spiro atoms. The smallest absolute Gasteiger partial charge is 0.303 e. The highest BCUT2D eigenvalue weighted by Gasteiger charge is 2.15. The molecule has 0 bridgehead atoms. The molecule has 6 heteroatoms. The van der Waals surface area contributed by atoms with Crippen LogP contribution in [0.25, 0.3) is 0 Å². The minimum Gasteiger partial charge on any atom is -0.481 e. The minimum atomic E-state index is -0.736. The highest BCUT2D eigenvalue weighted by Crippen LogP contribution is 2.15. The van der Waals surface area contributed by atoms with Gasteiger partial charge in [0.15, 0.2) is 0 Å². The van der Waals surface area contributed by atoms with E-state index in [0.29, 0.717) is 12.5 Å². The summed E-state index contributed by atoms with van der Waals surface area (Å²) in [7, 11) is 0. The van der Waals surface area contributed by atoms with Crippen LogP contribution >= 0.6 is 0 Å². The predicted molar refractivity (Wildman–Crippen MR) is 68.8 cm³/mol. The van der Waals surface area contributed by atoms with Gasteiger partial charge in [0, 0.05) is 25.8 Å². The van der Waals surface area contributed by atoms with Crippen LogP contribution in [0.5, 0.6) is 0 Å². The third kappa shape index (κ3) is 4.98. The van der Waals surface area contributed by atoms with Crippen LogP contribution in [0, 0.1) is 0 Å². The van der Waals surface area contributed by atoms with Gasteiger partial charge in [0.25, 0.3) is 0 Å². The largest absolute Gasteiger partial charge is 0.481 e. The minimum absolute atomic E-state index is 0.229. The standard InChI is InChI=1S/C13H21N3O3/c17-13(18)6-2-1-4-11-10-16(15-14-11)8-7-12-5-3-9-19-12/h10,12H,1-9H2,(H,17,18). The van der Waals surface area contributed by atoms with Crippen molar-refractivity contribution in [3.63, 3.8) is 0 Å². The van der Waals surface area contributed by atoms with Crippen LogP contribution in [0.3, 0.4) is 0 Å². The second-order valence-electron chi connectivity index (χ2n) is 5.00. The highest BCUT2D eigenvalue weighted by atomic mass is 16.5. The van der Waals surface area contributed by atoms with E-state index in [1.165, 1.54) is 0 Å². The zero-order valence-electron chi connectivity index (χ0n) is 11.1. The van der Waals surface area contributed by atoms with Gasteiger partial charge in [0.2, 0.25) is 0 Å². The average molecular weight is 267 g/mol. The van der Waals surface area contributed by atoms with E-state index in [9.17, 15) is 4.79 Å². The second kappa shape index (κ2) is 7.23. The first-order valence-corrected chi connectivity index (χ1v) is 6.96. The van der Waals surface area contributed by atoms with Crippen molar-refractivity contribution in [2.45, 2.75) is 57.6 Å². The molecule has 1 N–H and O–H groups in total. The zero-order valence-corrected chi connectivity index (χ0v) is 11.1. The lowest BCUT2D eigenvalue weighted by atomic mass is 10.1. The maximum Gasteiger partial charge on any atom is 0.303 e. The lowest BCUT2D eigenvalue weighted by Crippen LogP contribution is -2.10. The number of aromatic nitrogens is 3. The van der Waals surface area contributed by atoms with Gasteiger partial charge in [-0.05, 0) is 38.5 Å². The zero-order chi connectivity index (χ0) is 13.5. The van der Waals surface area contributed by atoms with Gasteiger partial charge in [-0.2, -0.15) is 0 Å². The number of hydrogen-bond acceptors (Lipinski definition) is 4. The van der Waals surface area contributed by atoms with Gasteiger partial charge in [0.05, 0.1) is 11.8 Å². The van der Waals surface area contributed by atoms with Crippen molar-refractivity contribution < 1.29 is 14.6 Å². The molecule has 1 saturated heterocycles. The Hall–Kier alpha value is -1.43. The number of ether oxygens (including phenoxy) is 1. The number of nitrogens with zero attached hydrogens (tertiary/aromatic N) is 3. The quantitative estimate of drug-likeness (QED) is 0.725. The number of rotatable bonds is 8. The molecule has 1 atom stereocenters. The molecule has 2 heterocycles. The van der Waals surface area contributed by atoms with Crippen molar-refractivity contribution in [1.29, 1.82) is 0 Å². The third-order valence-electron chi connectivity index (χ3n) is 3.36. The number of carboxylic acid groups (broad SMARTS) is 1. The molecule has 1 fully saturated rings. The van der Waals surface area contributed by atoms with Crippen LogP contribution < -0.4 is 0 Å². The third-order valence-corrected chi connectivity index (χ3v) is 3.36. The van der Waals surface area contributed by atoms with Crippen LogP contribution in [-0.2, 0) is 22.5 Å². The molecular weight excluding hydrogens is 246 g/mol. The summed E-state index contributed by atoms with van der Waals surface area (Å²) in [5.41, 5.74) is 0.942. The van der Waals surface area contributed by atoms with Crippen LogP contribution in [0.2, 0.25) is 0 Å². The van der Waals surface area contributed by atoms with Gasteiger partial charge < -0.3 is 9.84 Å². The molecule has 0 aromatic carbocycles. The van der Waals surface area contributed by atoms with Crippen molar-refractivity contribution in [1.82, 2.24) is 15.0 Å². The maximum atomic E-state index is 10.4. The first-order valence-electron chi connectivity index (χ1n) is 6.96.